The van der Waals surface area contributed by atoms with E-state index in [0.717, 1.165) is 28.2 Å². The van der Waals surface area contributed by atoms with E-state index in [1.165, 1.54) is 72.0 Å². The lowest BCUT2D eigenvalue weighted by molar-refractivity contribution is 0.660. The number of fused-ring (bicyclic) bond motifs is 6. The topological polar surface area (TPSA) is 8.17 Å². The van der Waals surface area contributed by atoms with Crippen LogP contribution in [0.1, 0.15) is 58.4 Å². The average molecular weight is 833 g/mol. The second kappa shape index (κ2) is 16.8. The molecule has 0 saturated carbocycles. The van der Waals surface area contributed by atoms with Crippen molar-refractivity contribution in [3.05, 3.63) is 263 Å². The Morgan fingerprint density at radius 2 is 0.754 bits per heavy atom. The summed E-state index contributed by atoms with van der Waals surface area (Å²) < 4.78 is 2.36. The molecule has 0 unspecified atom stereocenters. The molecule has 0 N–H and O–H groups in total. The standard InChI is InChI=1S/C63H48N2/c1-63(2)59-43-50(27-24-46-16-8-4-9-17-46)32-39-55(59)56-40-38-54(44-60(56)63)64(52-34-28-47(29-35-52)23-22-45-14-6-3-7-15-45)53-36-30-48(31-37-53)25-26-49-33-41-62-58(42-49)57-20-12-13-21-61(57)65(62)51-18-10-5-11-19-51/h3-44H,1-2H3/b23-22+,26-25+,27-24+. The molecule has 2 nitrogen and oxygen atoms in total. The van der Waals surface area contributed by atoms with Crippen LogP contribution in [-0.4, -0.2) is 4.57 Å². The number of benzene rings is 9. The lowest BCUT2D eigenvalue weighted by atomic mass is 9.81. The smallest absolute Gasteiger partial charge is 0.0541 e. The van der Waals surface area contributed by atoms with Crippen molar-refractivity contribution in [2.24, 2.45) is 0 Å². The molecule has 0 radical (unpaired) electrons. The summed E-state index contributed by atoms with van der Waals surface area (Å²) in [6.07, 6.45) is 13.2. The third-order valence-electron chi connectivity index (χ3n) is 13.0. The summed E-state index contributed by atoms with van der Waals surface area (Å²) in [6, 6.07) is 78.9. The largest absolute Gasteiger partial charge is 0.310 e. The fourth-order valence-corrected chi connectivity index (χ4v) is 9.56. The molecule has 10 aromatic rings. The summed E-state index contributed by atoms with van der Waals surface area (Å²) in [5, 5.41) is 2.51. The molecule has 1 aliphatic rings. The first-order valence-corrected chi connectivity index (χ1v) is 22.5. The molecule has 11 rings (SSSR count). The minimum Gasteiger partial charge on any atom is -0.310 e. The van der Waals surface area contributed by atoms with Gasteiger partial charge in [0, 0.05) is 38.9 Å². The number of hydrogen-bond donors (Lipinski definition) is 0. The fourth-order valence-electron chi connectivity index (χ4n) is 9.56. The van der Waals surface area contributed by atoms with Gasteiger partial charge >= 0.3 is 0 Å². The fraction of sp³-hybridized carbons (Fsp3) is 0.0476. The van der Waals surface area contributed by atoms with Crippen LogP contribution in [0.5, 0.6) is 0 Å². The molecule has 1 aliphatic carbocycles. The van der Waals surface area contributed by atoms with Crippen molar-refractivity contribution >= 4 is 75.3 Å². The lowest BCUT2D eigenvalue weighted by Gasteiger charge is -2.28. The van der Waals surface area contributed by atoms with Gasteiger partial charge in [-0.05, 0) is 122 Å². The Labute approximate surface area is 382 Å². The summed E-state index contributed by atoms with van der Waals surface area (Å²) in [4.78, 5) is 2.39. The van der Waals surface area contributed by atoms with E-state index in [4.69, 9.17) is 0 Å². The van der Waals surface area contributed by atoms with Crippen LogP contribution in [0.25, 0.3) is 75.1 Å². The van der Waals surface area contributed by atoms with Crippen LogP contribution in [0.4, 0.5) is 17.1 Å². The molecule has 65 heavy (non-hydrogen) atoms. The lowest BCUT2D eigenvalue weighted by Crippen LogP contribution is -2.16. The quantitative estimate of drug-likeness (QED) is 0.125. The highest BCUT2D eigenvalue weighted by Gasteiger charge is 2.36. The molecule has 0 saturated heterocycles. The zero-order chi connectivity index (χ0) is 43.7. The number of rotatable bonds is 10. The molecular weight excluding hydrogens is 785 g/mol. The van der Waals surface area contributed by atoms with E-state index in [-0.39, 0.29) is 5.41 Å². The highest BCUT2D eigenvalue weighted by molar-refractivity contribution is 6.10. The molecular formula is C63H48N2. The van der Waals surface area contributed by atoms with Gasteiger partial charge in [-0.15, -0.1) is 0 Å². The predicted molar refractivity (Wildman–Crippen MR) is 279 cm³/mol. The molecule has 0 bridgehead atoms. The van der Waals surface area contributed by atoms with E-state index in [1.807, 2.05) is 0 Å². The summed E-state index contributed by atoms with van der Waals surface area (Å²) in [5.41, 5.74) is 19.1. The average Bonchev–Trinajstić information content (AvgIpc) is 3.81. The van der Waals surface area contributed by atoms with Crippen LogP contribution in [-0.2, 0) is 5.41 Å². The minimum atomic E-state index is -0.177. The van der Waals surface area contributed by atoms with E-state index >= 15 is 0 Å². The highest BCUT2D eigenvalue weighted by Crippen LogP contribution is 2.51. The highest BCUT2D eigenvalue weighted by atomic mass is 15.1. The zero-order valence-electron chi connectivity index (χ0n) is 36.6. The Hall–Kier alpha value is -8.20. The van der Waals surface area contributed by atoms with Gasteiger partial charge in [0.2, 0.25) is 0 Å². The second-order valence-corrected chi connectivity index (χ2v) is 17.5. The molecule has 1 heterocycles. The van der Waals surface area contributed by atoms with Crippen molar-refractivity contribution in [1.82, 2.24) is 4.57 Å². The van der Waals surface area contributed by atoms with E-state index < -0.39 is 0 Å². The van der Waals surface area contributed by atoms with Gasteiger partial charge in [-0.2, -0.15) is 0 Å². The number of aromatic nitrogens is 1. The Morgan fingerprint density at radius 3 is 1.35 bits per heavy atom. The number of nitrogens with zero attached hydrogens (tertiary/aromatic N) is 2. The molecule has 0 spiro atoms. The number of para-hydroxylation sites is 2. The summed E-state index contributed by atoms with van der Waals surface area (Å²) in [6.45, 7) is 4.73. The first-order valence-electron chi connectivity index (χ1n) is 22.5. The van der Waals surface area contributed by atoms with E-state index in [2.05, 4.69) is 278 Å². The number of anilines is 3. The van der Waals surface area contributed by atoms with Gasteiger partial charge in [-0.1, -0.05) is 202 Å². The molecule has 310 valence electrons. The molecule has 9 aromatic carbocycles. The Bertz CT molecular complexity index is 3410. The summed E-state index contributed by atoms with van der Waals surface area (Å²) in [5.74, 6) is 0. The Kier molecular flexibility index (Phi) is 10.3. The molecule has 0 amide bonds. The SMILES string of the molecule is CC1(C)c2cc(/C=C/c3ccccc3)ccc2-c2ccc(N(c3ccc(/C=C/c4ccccc4)cc3)c3ccc(/C=C/c4ccc5c(c4)c4ccccc4n5-c4ccccc4)cc3)cc21. The predicted octanol–water partition coefficient (Wildman–Crippen LogP) is 17.1. The van der Waals surface area contributed by atoms with Crippen molar-refractivity contribution in [2.75, 3.05) is 4.90 Å². The van der Waals surface area contributed by atoms with E-state index in [1.54, 1.807) is 0 Å². The summed E-state index contributed by atoms with van der Waals surface area (Å²) in [7, 11) is 0. The first kappa shape index (κ1) is 39.6. The van der Waals surface area contributed by atoms with Crippen molar-refractivity contribution in [3.8, 4) is 16.8 Å². The minimum absolute atomic E-state index is 0.177. The van der Waals surface area contributed by atoms with Crippen LogP contribution in [0.2, 0.25) is 0 Å². The Morgan fingerprint density at radius 1 is 0.338 bits per heavy atom. The first-order chi connectivity index (χ1) is 32.0. The van der Waals surface area contributed by atoms with Gasteiger partial charge < -0.3 is 9.47 Å². The van der Waals surface area contributed by atoms with Gasteiger partial charge in [-0.3, -0.25) is 0 Å². The Balaban J connectivity index is 0.921. The van der Waals surface area contributed by atoms with E-state index in [9.17, 15) is 0 Å². The van der Waals surface area contributed by atoms with Crippen molar-refractivity contribution in [1.29, 1.82) is 0 Å². The molecule has 1 aromatic heterocycles. The molecule has 0 aliphatic heterocycles. The van der Waals surface area contributed by atoms with Gasteiger partial charge in [0.15, 0.2) is 0 Å². The third-order valence-corrected chi connectivity index (χ3v) is 13.0. The molecule has 0 atom stereocenters. The second-order valence-electron chi connectivity index (χ2n) is 17.5. The van der Waals surface area contributed by atoms with Gasteiger partial charge in [0.05, 0.1) is 11.0 Å². The monoisotopic (exact) mass is 832 g/mol. The van der Waals surface area contributed by atoms with Crippen LogP contribution in [0.15, 0.2) is 218 Å². The summed E-state index contributed by atoms with van der Waals surface area (Å²) >= 11 is 0. The van der Waals surface area contributed by atoms with Crippen molar-refractivity contribution < 1.29 is 0 Å². The zero-order valence-corrected chi connectivity index (χ0v) is 36.6. The maximum Gasteiger partial charge on any atom is 0.0541 e. The molecule has 0 fully saturated rings. The van der Waals surface area contributed by atoms with Gasteiger partial charge in [-0.25, -0.2) is 0 Å². The normalized spacial score (nSPS) is 13.0. The van der Waals surface area contributed by atoms with Gasteiger partial charge in [0.25, 0.3) is 0 Å². The number of hydrogen-bond acceptors (Lipinski definition) is 1. The van der Waals surface area contributed by atoms with E-state index in [0.29, 0.717) is 0 Å². The third kappa shape index (κ3) is 7.70. The maximum atomic E-state index is 2.41. The maximum absolute atomic E-state index is 2.41. The van der Waals surface area contributed by atoms with Crippen LogP contribution >= 0.6 is 0 Å². The molecule has 2 heteroatoms. The van der Waals surface area contributed by atoms with Crippen LogP contribution < -0.4 is 4.90 Å². The van der Waals surface area contributed by atoms with Gasteiger partial charge in [0.1, 0.15) is 0 Å². The van der Waals surface area contributed by atoms with Crippen molar-refractivity contribution in [3.63, 3.8) is 0 Å². The van der Waals surface area contributed by atoms with Crippen molar-refractivity contribution in [2.45, 2.75) is 19.3 Å². The van der Waals surface area contributed by atoms with Crippen LogP contribution in [0, 0.1) is 0 Å². The van der Waals surface area contributed by atoms with Crippen LogP contribution in [0.3, 0.4) is 0 Å².